The Morgan fingerprint density at radius 1 is 1.46 bits per heavy atom. The summed E-state index contributed by atoms with van der Waals surface area (Å²) in [7, 11) is 0. The molecule has 0 saturated heterocycles. The van der Waals surface area contributed by atoms with Crippen molar-refractivity contribution in [2.24, 2.45) is 0 Å². The lowest BCUT2D eigenvalue weighted by Crippen LogP contribution is -1.88. The molecule has 0 radical (unpaired) electrons. The van der Waals surface area contributed by atoms with E-state index in [0.29, 0.717) is 12.2 Å². The molecule has 13 heavy (non-hydrogen) atoms. The second kappa shape index (κ2) is 3.37. The van der Waals surface area contributed by atoms with Gasteiger partial charge in [-0.2, -0.15) is 0 Å². The summed E-state index contributed by atoms with van der Waals surface area (Å²) >= 11 is 2.19. The van der Waals surface area contributed by atoms with Crippen molar-refractivity contribution in [1.82, 2.24) is 4.98 Å². The number of ether oxygens (including phenoxy) is 1. The topological polar surface area (TPSA) is 42.1 Å². The van der Waals surface area contributed by atoms with Crippen molar-refractivity contribution in [3.05, 3.63) is 28.0 Å². The van der Waals surface area contributed by atoms with Gasteiger partial charge in [0.2, 0.25) is 0 Å². The Labute approximate surface area is 88.2 Å². The smallest absolute Gasteiger partial charge is 0.298 e. The molecule has 1 aromatic heterocycles. The van der Waals surface area contributed by atoms with E-state index in [4.69, 9.17) is 4.74 Å². The number of hydrogen-bond donors (Lipinski definition) is 1. The zero-order valence-corrected chi connectivity index (χ0v) is 8.74. The standard InChI is InChI=1S/C9H6INO2/c10-6-4-11-7-2-1-3-8(9(6)7)13-5-12/h1-5,11H. The highest BCUT2D eigenvalue weighted by Gasteiger charge is 2.06. The fourth-order valence-electron chi connectivity index (χ4n) is 1.26. The van der Waals surface area contributed by atoms with Crippen LogP contribution in [0.3, 0.4) is 0 Å². The third-order valence-corrected chi connectivity index (χ3v) is 2.65. The highest BCUT2D eigenvalue weighted by Crippen LogP contribution is 2.29. The number of aromatic amines is 1. The molecule has 0 aliphatic carbocycles. The molecule has 0 spiro atoms. The van der Waals surface area contributed by atoms with Crippen LogP contribution in [-0.2, 0) is 4.79 Å². The fraction of sp³-hybridized carbons (Fsp3) is 0. The molecule has 0 amide bonds. The molecule has 3 nitrogen and oxygen atoms in total. The van der Waals surface area contributed by atoms with Crippen molar-refractivity contribution >= 4 is 40.0 Å². The van der Waals surface area contributed by atoms with Crippen LogP contribution in [0.15, 0.2) is 24.4 Å². The van der Waals surface area contributed by atoms with Gasteiger partial charge in [0.15, 0.2) is 0 Å². The number of H-pyrrole nitrogens is 1. The van der Waals surface area contributed by atoms with E-state index in [9.17, 15) is 4.79 Å². The van der Waals surface area contributed by atoms with Crippen molar-refractivity contribution in [3.63, 3.8) is 0 Å². The first-order valence-electron chi connectivity index (χ1n) is 3.69. The van der Waals surface area contributed by atoms with Gasteiger partial charge in [-0.05, 0) is 34.7 Å². The van der Waals surface area contributed by atoms with Crippen LogP contribution in [0.1, 0.15) is 0 Å². The summed E-state index contributed by atoms with van der Waals surface area (Å²) in [5.74, 6) is 0.596. The molecule has 1 aromatic carbocycles. The minimum Gasteiger partial charge on any atom is -0.428 e. The first-order valence-corrected chi connectivity index (χ1v) is 4.76. The molecular weight excluding hydrogens is 281 g/mol. The van der Waals surface area contributed by atoms with Gasteiger partial charge in [-0.1, -0.05) is 6.07 Å². The monoisotopic (exact) mass is 287 g/mol. The Hall–Kier alpha value is -1.04. The van der Waals surface area contributed by atoms with Gasteiger partial charge in [-0.3, -0.25) is 4.79 Å². The van der Waals surface area contributed by atoms with Crippen LogP contribution < -0.4 is 4.74 Å². The first kappa shape index (κ1) is 8.55. The molecule has 0 fully saturated rings. The summed E-state index contributed by atoms with van der Waals surface area (Å²) in [6, 6.07) is 5.55. The lowest BCUT2D eigenvalue weighted by Gasteiger charge is -1.99. The van der Waals surface area contributed by atoms with E-state index in [-0.39, 0.29) is 0 Å². The SMILES string of the molecule is O=COc1cccc2[nH]cc(I)c12. The maximum Gasteiger partial charge on any atom is 0.298 e. The number of carbonyl (C=O) groups is 1. The average Bonchev–Trinajstić information content (AvgIpc) is 2.50. The highest BCUT2D eigenvalue weighted by atomic mass is 127. The Balaban J connectivity index is 2.72. The van der Waals surface area contributed by atoms with E-state index in [1.165, 1.54) is 0 Å². The summed E-state index contributed by atoms with van der Waals surface area (Å²) in [6.45, 7) is 0.442. The average molecular weight is 287 g/mol. The number of nitrogens with one attached hydrogen (secondary N) is 1. The Kier molecular flexibility index (Phi) is 2.22. The van der Waals surface area contributed by atoms with Crippen molar-refractivity contribution in [1.29, 1.82) is 0 Å². The molecule has 66 valence electrons. The molecule has 2 aromatic rings. The fourth-order valence-corrected chi connectivity index (χ4v) is 1.97. The molecule has 0 saturated carbocycles. The molecule has 1 N–H and O–H groups in total. The van der Waals surface area contributed by atoms with E-state index < -0.39 is 0 Å². The number of aromatic nitrogens is 1. The molecule has 2 rings (SSSR count). The van der Waals surface area contributed by atoms with Crippen LogP contribution in [0, 0.1) is 3.57 Å². The van der Waals surface area contributed by atoms with E-state index >= 15 is 0 Å². The Bertz CT molecular complexity index is 450. The van der Waals surface area contributed by atoms with Gasteiger partial charge in [0.1, 0.15) is 5.75 Å². The molecule has 4 heteroatoms. The van der Waals surface area contributed by atoms with E-state index in [1.807, 2.05) is 18.3 Å². The summed E-state index contributed by atoms with van der Waals surface area (Å²) in [5.41, 5.74) is 0.976. The van der Waals surface area contributed by atoms with Crippen molar-refractivity contribution < 1.29 is 9.53 Å². The van der Waals surface area contributed by atoms with E-state index in [1.54, 1.807) is 6.07 Å². The maximum absolute atomic E-state index is 10.2. The zero-order chi connectivity index (χ0) is 9.26. The van der Waals surface area contributed by atoms with Crippen LogP contribution >= 0.6 is 22.6 Å². The number of halogens is 1. The molecule has 0 atom stereocenters. The first-order chi connectivity index (χ1) is 6.33. The van der Waals surface area contributed by atoms with Crippen LogP contribution in [0.5, 0.6) is 5.75 Å². The lowest BCUT2D eigenvalue weighted by atomic mass is 10.2. The van der Waals surface area contributed by atoms with Crippen molar-refractivity contribution in [2.75, 3.05) is 0 Å². The second-order valence-corrected chi connectivity index (χ2v) is 3.69. The predicted octanol–water partition coefficient (Wildman–Crippen LogP) is 2.31. The van der Waals surface area contributed by atoms with Gasteiger partial charge in [0.25, 0.3) is 6.47 Å². The summed E-state index contributed by atoms with van der Waals surface area (Å²) in [5, 5.41) is 0.954. The van der Waals surface area contributed by atoms with Crippen LogP contribution in [0.4, 0.5) is 0 Å². The third-order valence-electron chi connectivity index (χ3n) is 1.79. The third kappa shape index (κ3) is 1.41. The summed E-state index contributed by atoms with van der Waals surface area (Å²) in [6.07, 6.45) is 1.88. The van der Waals surface area contributed by atoms with E-state index in [0.717, 1.165) is 14.5 Å². The Morgan fingerprint density at radius 3 is 3.08 bits per heavy atom. The number of rotatable bonds is 2. The molecule has 1 heterocycles. The lowest BCUT2D eigenvalue weighted by molar-refractivity contribution is -0.120. The number of fused-ring (bicyclic) bond motifs is 1. The van der Waals surface area contributed by atoms with Gasteiger partial charge in [-0.15, -0.1) is 0 Å². The predicted molar refractivity (Wildman–Crippen MR) is 57.7 cm³/mol. The number of carbonyl (C=O) groups excluding carboxylic acids is 1. The van der Waals surface area contributed by atoms with Gasteiger partial charge in [0.05, 0.1) is 10.9 Å². The maximum atomic E-state index is 10.2. The number of hydrogen-bond acceptors (Lipinski definition) is 2. The van der Waals surface area contributed by atoms with Crippen LogP contribution in [0.2, 0.25) is 0 Å². The number of benzene rings is 1. The second-order valence-electron chi connectivity index (χ2n) is 2.53. The molecule has 0 aliphatic rings. The largest absolute Gasteiger partial charge is 0.428 e. The molecule has 0 bridgehead atoms. The normalized spacial score (nSPS) is 10.2. The van der Waals surface area contributed by atoms with Gasteiger partial charge in [0, 0.05) is 9.77 Å². The van der Waals surface area contributed by atoms with Crippen molar-refractivity contribution in [2.45, 2.75) is 0 Å². The minimum atomic E-state index is 0.442. The van der Waals surface area contributed by atoms with Crippen LogP contribution in [-0.4, -0.2) is 11.5 Å². The Morgan fingerprint density at radius 2 is 2.31 bits per heavy atom. The summed E-state index contributed by atoms with van der Waals surface area (Å²) in [4.78, 5) is 13.3. The van der Waals surface area contributed by atoms with E-state index in [2.05, 4.69) is 27.6 Å². The quantitative estimate of drug-likeness (QED) is 0.680. The highest BCUT2D eigenvalue weighted by molar-refractivity contribution is 14.1. The zero-order valence-electron chi connectivity index (χ0n) is 6.58. The molecular formula is C9H6INO2. The van der Waals surface area contributed by atoms with Gasteiger partial charge in [-0.25, -0.2) is 0 Å². The van der Waals surface area contributed by atoms with Crippen LogP contribution in [0.25, 0.3) is 10.9 Å². The van der Waals surface area contributed by atoms with Crippen molar-refractivity contribution in [3.8, 4) is 5.75 Å². The molecule has 0 aliphatic heterocycles. The minimum absolute atomic E-state index is 0.442. The summed E-state index contributed by atoms with van der Waals surface area (Å²) < 4.78 is 5.90. The van der Waals surface area contributed by atoms with Gasteiger partial charge >= 0.3 is 0 Å². The molecule has 0 unspecified atom stereocenters. The van der Waals surface area contributed by atoms with Gasteiger partial charge < -0.3 is 9.72 Å².